The highest BCUT2D eigenvalue weighted by atomic mass is 32.1. The second-order valence-electron chi connectivity index (χ2n) is 6.51. The number of hydrogen-bond donors (Lipinski definition) is 1. The van der Waals surface area contributed by atoms with E-state index < -0.39 is 5.76 Å². The molecule has 3 aromatic heterocycles. The molecule has 5 rings (SSSR count). The van der Waals surface area contributed by atoms with Crippen molar-refractivity contribution in [3.05, 3.63) is 64.1 Å². The molecular formula is C21H15FNO3S+. The lowest BCUT2D eigenvalue weighted by Gasteiger charge is -2.00. The van der Waals surface area contributed by atoms with Crippen LogP contribution >= 0.6 is 11.3 Å². The Balaban J connectivity index is 1.92. The number of thiophene rings is 1. The molecule has 0 atom stereocenters. The first-order valence-electron chi connectivity index (χ1n) is 8.65. The molecule has 3 heterocycles. The zero-order chi connectivity index (χ0) is 18.7. The summed E-state index contributed by atoms with van der Waals surface area (Å²) in [6, 6.07) is 10.7. The number of fused-ring (bicyclic) bond motifs is 3. The number of aryl methyl sites for hydroxylation is 2. The van der Waals surface area contributed by atoms with Gasteiger partial charge in [-0.05, 0) is 30.2 Å². The number of H-pyrrole nitrogens is 1. The fourth-order valence-electron chi connectivity index (χ4n) is 3.65. The van der Waals surface area contributed by atoms with Crippen LogP contribution in [0.1, 0.15) is 18.2 Å². The topological polar surface area (TPSA) is 57.3 Å². The highest BCUT2D eigenvalue weighted by Crippen LogP contribution is 2.43. The maximum absolute atomic E-state index is 14.5. The molecule has 5 aromatic rings. The van der Waals surface area contributed by atoms with Crippen LogP contribution in [0.5, 0.6) is 0 Å². The molecule has 0 aliphatic carbocycles. The number of oxazole rings is 1. The molecule has 2 aromatic carbocycles. The van der Waals surface area contributed by atoms with Gasteiger partial charge in [-0.25, -0.2) is 13.6 Å². The first kappa shape index (κ1) is 16.2. The smallest absolute Gasteiger partial charge is 0.408 e. The molecule has 1 N–H and O–H groups in total. The predicted molar refractivity (Wildman–Crippen MR) is 106 cm³/mol. The number of aromatic amines is 1. The molecule has 0 fully saturated rings. The van der Waals surface area contributed by atoms with Crippen LogP contribution in [-0.2, 0) is 6.42 Å². The third-order valence-electron chi connectivity index (χ3n) is 4.78. The van der Waals surface area contributed by atoms with Crippen LogP contribution in [0.4, 0.5) is 4.39 Å². The maximum atomic E-state index is 14.5. The lowest BCUT2D eigenvalue weighted by atomic mass is 10.0. The molecule has 0 saturated carbocycles. The number of benzene rings is 2. The number of hydrogen-bond acceptors (Lipinski definition) is 3. The number of aromatic nitrogens is 1. The van der Waals surface area contributed by atoms with Crippen LogP contribution in [0.25, 0.3) is 42.6 Å². The molecule has 0 aliphatic rings. The van der Waals surface area contributed by atoms with E-state index in [2.05, 4.69) is 4.98 Å². The lowest BCUT2D eigenvalue weighted by molar-refractivity contribution is 0.538. The van der Waals surface area contributed by atoms with Gasteiger partial charge >= 0.3 is 17.3 Å². The Labute approximate surface area is 156 Å². The van der Waals surface area contributed by atoms with Crippen LogP contribution in [0.15, 0.2) is 50.0 Å². The van der Waals surface area contributed by atoms with Gasteiger partial charge in [0.05, 0.1) is 17.8 Å². The Kier molecular flexibility index (Phi) is 3.45. The summed E-state index contributed by atoms with van der Waals surface area (Å²) in [5.74, 6) is 0.701. The fourth-order valence-corrected chi connectivity index (χ4v) is 4.95. The van der Waals surface area contributed by atoms with E-state index in [1.165, 1.54) is 17.4 Å². The minimum Gasteiger partial charge on any atom is -0.408 e. The van der Waals surface area contributed by atoms with Crippen molar-refractivity contribution in [2.24, 2.45) is 0 Å². The molecule has 0 bridgehead atoms. The Bertz CT molecular complexity index is 1410. The molecule has 0 aliphatic heterocycles. The molecule has 134 valence electrons. The minimum absolute atomic E-state index is 0.220. The summed E-state index contributed by atoms with van der Waals surface area (Å²) in [7, 11) is 0. The molecular weight excluding hydrogens is 365 g/mol. The molecule has 0 spiro atoms. The van der Waals surface area contributed by atoms with Gasteiger partial charge in [0.15, 0.2) is 5.58 Å². The molecule has 0 unspecified atom stereocenters. The zero-order valence-electron chi connectivity index (χ0n) is 14.7. The van der Waals surface area contributed by atoms with E-state index >= 15 is 0 Å². The average molecular weight is 380 g/mol. The Hall–Kier alpha value is -2.99. The zero-order valence-corrected chi connectivity index (χ0v) is 15.5. The Morgan fingerprint density at radius 1 is 1.26 bits per heavy atom. The number of rotatable bonds is 2. The third kappa shape index (κ3) is 2.40. The van der Waals surface area contributed by atoms with E-state index in [1.807, 2.05) is 32.0 Å². The largest absolute Gasteiger partial charge is 0.417 e. The van der Waals surface area contributed by atoms with Gasteiger partial charge in [0.2, 0.25) is 0 Å². The van der Waals surface area contributed by atoms with Crippen molar-refractivity contribution in [2.45, 2.75) is 20.3 Å². The van der Waals surface area contributed by atoms with Gasteiger partial charge in [-0.15, -0.1) is 11.3 Å². The van der Waals surface area contributed by atoms with E-state index in [-0.39, 0.29) is 5.82 Å². The van der Waals surface area contributed by atoms with Crippen molar-refractivity contribution in [3.63, 3.8) is 0 Å². The van der Waals surface area contributed by atoms with Gasteiger partial charge in [0.1, 0.15) is 10.7 Å². The van der Waals surface area contributed by atoms with Crippen molar-refractivity contribution in [3.8, 4) is 10.6 Å². The summed E-state index contributed by atoms with van der Waals surface area (Å²) < 4.78 is 26.7. The maximum Gasteiger partial charge on any atom is 0.417 e. The summed E-state index contributed by atoms with van der Waals surface area (Å²) in [4.78, 5) is 15.1. The monoisotopic (exact) mass is 380 g/mol. The van der Waals surface area contributed by atoms with Crippen molar-refractivity contribution >= 4 is 43.3 Å². The molecule has 27 heavy (non-hydrogen) atoms. The molecule has 0 amide bonds. The highest BCUT2D eigenvalue weighted by Gasteiger charge is 2.27. The van der Waals surface area contributed by atoms with E-state index in [9.17, 15) is 9.18 Å². The molecule has 6 heteroatoms. The summed E-state index contributed by atoms with van der Waals surface area (Å²) in [6.45, 7) is 3.89. The first-order chi connectivity index (χ1) is 13.0. The Morgan fingerprint density at radius 3 is 2.93 bits per heavy atom. The van der Waals surface area contributed by atoms with Gasteiger partial charge in [-0.2, -0.15) is 0 Å². The van der Waals surface area contributed by atoms with Crippen molar-refractivity contribution in [2.75, 3.05) is 0 Å². The summed E-state index contributed by atoms with van der Waals surface area (Å²) in [5.41, 5.74) is 2.04. The van der Waals surface area contributed by atoms with Crippen LogP contribution in [-0.4, -0.2) is 4.98 Å². The van der Waals surface area contributed by atoms with E-state index in [1.54, 1.807) is 12.1 Å². The third-order valence-corrected chi connectivity index (χ3v) is 5.98. The van der Waals surface area contributed by atoms with Crippen molar-refractivity contribution in [1.82, 2.24) is 4.98 Å². The van der Waals surface area contributed by atoms with Crippen molar-refractivity contribution < 1.29 is 13.2 Å². The van der Waals surface area contributed by atoms with Crippen LogP contribution in [0.2, 0.25) is 0 Å². The van der Waals surface area contributed by atoms with Gasteiger partial charge in [0, 0.05) is 27.6 Å². The minimum atomic E-state index is -0.492. The van der Waals surface area contributed by atoms with Gasteiger partial charge in [0.25, 0.3) is 0 Å². The lowest BCUT2D eigenvalue weighted by Crippen LogP contribution is -1.92. The normalized spacial score (nSPS) is 11.8. The number of halogens is 1. The Morgan fingerprint density at radius 2 is 2.11 bits per heavy atom. The standard InChI is InChI=1S/C21H14FNO3S/c1-3-12-18-14(22)5-4-6-17(18)27-20(12)19-13-9-16-15(23-21(24)26-16)8-11(13)7-10(2)25-19/h4-9H,3H2,1-2H3/p+1. The van der Waals surface area contributed by atoms with Crippen molar-refractivity contribution in [1.29, 1.82) is 0 Å². The van der Waals surface area contributed by atoms with Gasteiger partial charge < -0.3 is 4.42 Å². The van der Waals surface area contributed by atoms with E-state index in [4.69, 9.17) is 8.83 Å². The predicted octanol–water partition coefficient (Wildman–Crippen LogP) is 6.04. The molecule has 0 saturated heterocycles. The van der Waals surface area contributed by atoms with E-state index in [0.29, 0.717) is 28.7 Å². The molecule has 4 nitrogen and oxygen atoms in total. The summed E-state index contributed by atoms with van der Waals surface area (Å²) >= 11 is 1.52. The number of nitrogens with one attached hydrogen (secondary N) is 1. The second kappa shape index (κ2) is 5.76. The van der Waals surface area contributed by atoms with Crippen LogP contribution in [0.3, 0.4) is 0 Å². The second-order valence-corrected chi connectivity index (χ2v) is 7.56. The summed E-state index contributed by atoms with van der Waals surface area (Å²) in [6.07, 6.45) is 0.683. The SMILES string of the molecule is CCc1c(-c2[o+]c(C)cc3cc4[nH]c(=O)oc4cc23)sc2cccc(F)c12. The van der Waals surface area contributed by atoms with Crippen LogP contribution in [0, 0.1) is 12.7 Å². The quantitative estimate of drug-likeness (QED) is 0.380. The van der Waals surface area contributed by atoms with Gasteiger partial charge in [-0.1, -0.05) is 13.0 Å². The fraction of sp³-hybridized carbons (Fsp3) is 0.143. The summed E-state index contributed by atoms with van der Waals surface area (Å²) in [5, 5.41) is 2.41. The first-order valence-corrected chi connectivity index (χ1v) is 9.47. The van der Waals surface area contributed by atoms with E-state index in [0.717, 1.165) is 31.7 Å². The average Bonchev–Trinajstić information content (AvgIpc) is 3.18. The van der Waals surface area contributed by atoms with Gasteiger partial charge in [-0.3, -0.25) is 4.98 Å². The highest BCUT2D eigenvalue weighted by molar-refractivity contribution is 7.22. The molecule has 0 radical (unpaired) electrons. The van der Waals surface area contributed by atoms with Crippen LogP contribution < -0.4 is 5.76 Å².